The molecule has 0 saturated carbocycles. The molecule has 3 N–H and O–H groups in total. The van der Waals surface area contributed by atoms with Crippen LogP contribution in [0.4, 0.5) is 48.3 Å². The van der Waals surface area contributed by atoms with E-state index in [2.05, 4.69) is 48.6 Å². The Morgan fingerprint density at radius 2 is 0.660 bits per heavy atom. The van der Waals surface area contributed by atoms with Crippen LogP contribution in [0, 0.1) is 0 Å². The summed E-state index contributed by atoms with van der Waals surface area (Å²) in [6.45, 7) is 7.34. The smallest absolute Gasteiger partial charge is 0.387 e. The Morgan fingerprint density at radius 1 is 0.383 bits per heavy atom. The number of aromatic nitrogens is 5. The minimum Gasteiger partial charge on any atom is -0.493 e. The maximum atomic E-state index is 12.7. The number of halogens is 12. The Morgan fingerprint density at radius 3 is 0.950 bits per heavy atom. The number of rotatable bonds is 36. The molecule has 0 bridgehead atoms. The molecule has 2 aliphatic rings. The van der Waals surface area contributed by atoms with Gasteiger partial charge in [0.15, 0.2) is 63.3 Å². The van der Waals surface area contributed by atoms with Gasteiger partial charge >= 0.3 is 33.1 Å². The molecule has 0 saturated heterocycles. The number of aryl methyl sites for hydroxylation is 2. The monoisotopic (exact) mass is 2000 g/mol. The van der Waals surface area contributed by atoms with Crippen LogP contribution >= 0.6 is 12.4 Å². The number of para-hydroxylation sites is 1. The number of alkyl halides is 11. The number of ketones is 1. The lowest BCUT2D eigenvalue weighted by Crippen LogP contribution is -2.29. The van der Waals surface area contributed by atoms with Crippen molar-refractivity contribution in [1.82, 2.24) is 34.7 Å². The number of nitrogens with two attached hydrogens (primary N) is 1. The molecule has 13 aromatic rings. The number of oxazole rings is 5. The standard InChI is InChI=1S/C24H25F2NO5.C22H18F2N2O5.C15H17F2NO3.C14H16F2N2O3.C14H15F2NO4.C9H7NO2.CH3F.ClH/c1-4-29-20-8-6-5-7-18(20)19(28)11-10-17-14-30-23(27-17)16-9-12-21(32-24(25)26)22(13-16)31-15(2)3;1-12(2)30-18-9-13(7-8-17(18)31-22(23)24)19-25-14(11-29-19)10-26-20(27)15-5-3-4-6-16(15)21(26)28;1-4-11-8-19-14(18-11)10-5-6-12(21-15(16)17)13(7-10)20-9(2)3;1-8(2)20-12-5-9(3-4-11(12)21-14(15)16)13-18-10(6-17)7-19-13;1-8(2)20-12-5-9(3-4-11(12)21-14(15)16)13-17-10(6-18)7-19-13;1-10-8(11)6-4-2-3-5-7(6)9(10)12;1-2;/h5-9,12-15,24H,4,10-11H2,1-3H3;3-9,11-12,22H,10H2,1-2H3;5-9,15H,4H2,1-3H3;3-5,7-8,14H,6,17H2,1-2H3;3-5,7-8,14,18H,6H2,1-2H3;2-5H,1H3;1H3;1H/i;;;;;;1D;. The molecule has 141 heavy (non-hydrogen) atoms. The van der Waals surface area contributed by atoms with E-state index in [0.717, 1.165) is 21.9 Å². The summed E-state index contributed by atoms with van der Waals surface area (Å²) in [5.41, 5.74) is 13.2. The minimum atomic E-state index is -2.99. The van der Waals surface area contributed by atoms with E-state index >= 15 is 0 Å². The third kappa shape index (κ3) is 32.3. The highest BCUT2D eigenvalue weighted by molar-refractivity contribution is 6.22. The number of imide groups is 2. The second-order valence-corrected chi connectivity index (χ2v) is 30.8. The number of fused-ring (bicyclic) bond motifs is 2. The van der Waals surface area contributed by atoms with E-state index in [-0.39, 0.29) is 156 Å². The van der Waals surface area contributed by atoms with Crippen molar-refractivity contribution >= 4 is 41.8 Å². The molecule has 2 aliphatic heterocycles. The predicted molar refractivity (Wildman–Crippen MR) is 493 cm³/mol. The zero-order chi connectivity index (χ0) is 103. The van der Waals surface area contributed by atoms with Gasteiger partial charge in [-0.3, -0.25) is 38.2 Å². The SMILES string of the molecule is CC(C)Oc1cc(-c2nc(CN)co2)ccc1OC(F)F.CC(C)Oc1cc(-c2nc(CN3C(=O)c4ccccc4C3=O)co2)ccc1OC(F)F.CC(C)Oc1cc(-c2nc(CO)co2)ccc1OC(F)F.CCOc1ccccc1C(=O)CCc1coc(-c2ccc(OC(F)F)c(OC(C)C)c2)n1.CCc1coc(-c2ccc(OC(F)F)c(OC(C)C)c2)n1.CN1C(=O)c2ccccc2C1=O.Cl.[2H]CF. The Bertz CT molecular complexity index is 5940. The highest BCUT2D eigenvalue weighted by Gasteiger charge is 2.37. The molecule has 0 atom stereocenters. The first-order valence-corrected chi connectivity index (χ1v) is 43.1. The molecule has 0 spiro atoms. The number of Topliss-reactive ketones (excluding diaryl/α,β-unsaturated/α-hetero) is 1. The van der Waals surface area contributed by atoms with Gasteiger partial charge in [-0.1, -0.05) is 43.3 Å². The van der Waals surface area contributed by atoms with Gasteiger partial charge in [0.2, 0.25) is 29.5 Å². The highest BCUT2D eigenvalue weighted by Crippen LogP contribution is 2.41. The van der Waals surface area contributed by atoms with Crippen LogP contribution in [0.5, 0.6) is 63.2 Å². The van der Waals surface area contributed by atoms with E-state index in [9.17, 15) is 72.3 Å². The van der Waals surface area contributed by atoms with Gasteiger partial charge in [0.25, 0.3) is 23.6 Å². The molecular formula is C99H102ClF11N8O22. The Kier molecular flexibility index (Phi) is 41.8. The van der Waals surface area contributed by atoms with Crippen molar-refractivity contribution < 1.29 is 153 Å². The van der Waals surface area contributed by atoms with Crippen LogP contribution in [0.2, 0.25) is 0 Å². The Hall–Kier alpha value is -15.0. The molecule has 0 radical (unpaired) electrons. The van der Waals surface area contributed by atoms with Crippen molar-refractivity contribution in [2.75, 3.05) is 20.8 Å². The third-order valence-corrected chi connectivity index (χ3v) is 18.6. The number of aliphatic hydroxyl groups is 1. The average Bonchev–Trinajstić information content (AvgIpc) is 1.63. The average molecular weight is 2000 g/mol. The molecule has 0 unspecified atom stereocenters. The van der Waals surface area contributed by atoms with Gasteiger partial charge in [0.1, 0.15) is 42.8 Å². The van der Waals surface area contributed by atoms with Gasteiger partial charge in [-0.2, -0.15) is 43.9 Å². The van der Waals surface area contributed by atoms with Crippen LogP contribution < -0.4 is 57.8 Å². The zero-order valence-corrected chi connectivity index (χ0v) is 79.0. The number of benzene rings is 8. The van der Waals surface area contributed by atoms with Crippen LogP contribution in [-0.2, 0) is 32.5 Å². The number of ether oxygens (including phenoxy) is 11. The molecule has 15 rings (SSSR count). The fourth-order valence-corrected chi connectivity index (χ4v) is 12.8. The highest BCUT2D eigenvalue weighted by atomic mass is 35.5. The van der Waals surface area contributed by atoms with E-state index < -0.39 is 52.0 Å². The van der Waals surface area contributed by atoms with Crippen LogP contribution in [-0.4, -0.2) is 154 Å². The molecule has 7 heterocycles. The summed E-state index contributed by atoms with van der Waals surface area (Å²) in [6.07, 6.45) is 7.44. The number of nitrogens with zero attached hydrogens (tertiary/aromatic N) is 7. The first kappa shape index (κ1) is 110. The van der Waals surface area contributed by atoms with Crippen LogP contribution in [0.25, 0.3) is 57.3 Å². The fourth-order valence-electron chi connectivity index (χ4n) is 12.8. The molecule has 4 amide bonds. The molecule has 42 heteroatoms. The lowest BCUT2D eigenvalue weighted by molar-refractivity contribution is -0.0524. The van der Waals surface area contributed by atoms with Crippen molar-refractivity contribution in [3.63, 3.8) is 0 Å². The van der Waals surface area contributed by atoms with Crippen molar-refractivity contribution in [2.24, 2.45) is 5.73 Å². The van der Waals surface area contributed by atoms with Crippen molar-refractivity contribution in [3.8, 4) is 121 Å². The number of aliphatic hydroxyl groups excluding tert-OH is 1. The maximum absolute atomic E-state index is 12.7. The fraction of sp³-hybridized carbons (Fsp3) is 0.313. The van der Waals surface area contributed by atoms with E-state index in [1.54, 1.807) is 173 Å². The second kappa shape index (κ2) is 53.8. The lowest BCUT2D eigenvalue weighted by atomic mass is 10.0. The van der Waals surface area contributed by atoms with Gasteiger partial charge in [-0.05, 0) is 210 Å². The zero-order valence-electron chi connectivity index (χ0n) is 79.2. The summed E-state index contributed by atoms with van der Waals surface area (Å²) in [5, 5.41) is 8.96. The number of carbonyl (C=O) groups excluding carboxylic acids is 5. The van der Waals surface area contributed by atoms with E-state index in [0.29, 0.717) is 115 Å². The first-order chi connectivity index (χ1) is 67.3. The van der Waals surface area contributed by atoms with Crippen molar-refractivity contribution in [3.05, 3.63) is 251 Å². The van der Waals surface area contributed by atoms with E-state index in [4.69, 9.17) is 62.7 Å². The molecular weight excluding hydrogens is 1900 g/mol. The topological polar surface area (TPSA) is 370 Å². The van der Waals surface area contributed by atoms with Crippen molar-refractivity contribution in [1.29, 1.82) is 0 Å². The molecule has 30 nitrogen and oxygen atoms in total. The summed E-state index contributed by atoms with van der Waals surface area (Å²) in [7, 11) is 0.491. The van der Waals surface area contributed by atoms with Gasteiger partial charge in [-0.25, -0.2) is 24.9 Å². The lowest BCUT2D eigenvalue weighted by Gasteiger charge is -2.15. The minimum absolute atomic E-state index is 0. The second-order valence-electron chi connectivity index (χ2n) is 30.8. The van der Waals surface area contributed by atoms with Gasteiger partial charge in [0, 0.05) is 54.3 Å². The first-order valence-electron chi connectivity index (χ1n) is 43.8. The predicted octanol–water partition coefficient (Wildman–Crippen LogP) is 23.1. The number of hydrogen-bond donors (Lipinski definition) is 2. The summed E-state index contributed by atoms with van der Waals surface area (Å²) in [4.78, 5) is 83.8. The van der Waals surface area contributed by atoms with Gasteiger partial charge < -0.3 is 85.0 Å². The van der Waals surface area contributed by atoms with Crippen molar-refractivity contribution in [2.45, 2.75) is 186 Å². The molecule has 5 aromatic heterocycles. The third-order valence-electron chi connectivity index (χ3n) is 18.6. The summed E-state index contributed by atoms with van der Waals surface area (Å²) >= 11 is 0. The molecule has 0 fully saturated rings. The Labute approximate surface area is 809 Å². The summed E-state index contributed by atoms with van der Waals surface area (Å²) in [6, 6.07) is 42.9. The summed E-state index contributed by atoms with van der Waals surface area (Å²) < 4.78 is 223. The molecule has 754 valence electrons. The quantitative estimate of drug-likeness (QED) is 0.0209. The normalized spacial score (nSPS) is 11.9. The van der Waals surface area contributed by atoms with Crippen LogP contribution in [0.3, 0.4) is 0 Å². The van der Waals surface area contributed by atoms with Crippen LogP contribution in [0.15, 0.2) is 217 Å². The van der Waals surface area contributed by atoms with Gasteiger partial charge in [-0.15, -0.1) is 12.4 Å². The van der Waals surface area contributed by atoms with Crippen LogP contribution in [0.1, 0.15) is 171 Å². The summed E-state index contributed by atoms with van der Waals surface area (Å²) in [5.74, 6) is 1.40. The Balaban J connectivity index is 0.000000211. The van der Waals surface area contributed by atoms with Gasteiger partial charge in [0.05, 0.1) is 109 Å². The number of amides is 4. The number of hydrogen-bond acceptors (Lipinski definition) is 28. The van der Waals surface area contributed by atoms with E-state index in [1.807, 2.05) is 19.9 Å². The van der Waals surface area contributed by atoms with E-state index in [1.165, 1.54) is 92.8 Å². The molecule has 0 aliphatic carbocycles. The number of carbonyl (C=O) groups is 5. The molecule has 8 aromatic carbocycles. The largest absolute Gasteiger partial charge is 0.493 e. The maximum Gasteiger partial charge on any atom is 0.387 e.